The van der Waals surface area contributed by atoms with Gasteiger partial charge in [-0.3, -0.25) is 0 Å². The van der Waals surface area contributed by atoms with E-state index >= 15 is 0 Å². The molecule has 9 aromatic rings. The molecule has 0 fully saturated rings. The van der Waals surface area contributed by atoms with Crippen molar-refractivity contribution >= 4 is 32.7 Å². The van der Waals surface area contributed by atoms with Crippen molar-refractivity contribution < 1.29 is 4.42 Å². The molecule has 0 unspecified atom stereocenters. The molecule has 9 rings (SSSR count). The summed E-state index contributed by atoms with van der Waals surface area (Å²) in [7, 11) is 0. The molecule has 4 heteroatoms. The Labute approximate surface area is 271 Å². The summed E-state index contributed by atoms with van der Waals surface area (Å²) in [5.74, 6) is 1.90. The maximum atomic E-state index is 6.43. The highest BCUT2D eigenvalue weighted by atomic mass is 16.3. The van der Waals surface area contributed by atoms with Crippen molar-refractivity contribution in [3.8, 4) is 56.4 Å². The summed E-state index contributed by atoms with van der Waals surface area (Å²) in [6.07, 6.45) is 0. The summed E-state index contributed by atoms with van der Waals surface area (Å²) in [5, 5.41) is 4.40. The van der Waals surface area contributed by atoms with Gasteiger partial charge in [-0.1, -0.05) is 152 Å². The van der Waals surface area contributed by atoms with Crippen LogP contribution < -0.4 is 0 Å². The Kier molecular flexibility index (Phi) is 6.43. The van der Waals surface area contributed by atoms with Crippen molar-refractivity contribution in [2.75, 3.05) is 0 Å². The molecular weight excluding hydrogens is 574 g/mol. The van der Waals surface area contributed by atoms with Crippen LogP contribution in [0.25, 0.3) is 89.1 Å². The van der Waals surface area contributed by atoms with Gasteiger partial charge in [0, 0.05) is 33.0 Å². The third-order valence-corrected chi connectivity index (χ3v) is 8.78. The number of rotatable bonds is 5. The Balaban J connectivity index is 1.22. The van der Waals surface area contributed by atoms with Crippen LogP contribution in [0.3, 0.4) is 0 Å². The van der Waals surface area contributed by atoms with Gasteiger partial charge in [0.05, 0.1) is 0 Å². The molecule has 47 heavy (non-hydrogen) atoms. The van der Waals surface area contributed by atoms with Gasteiger partial charge in [0.1, 0.15) is 11.2 Å². The molecule has 2 aromatic heterocycles. The Bertz CT molecular complexity index is 2550. The number of furan rings is 1. The van der Waals surface area contributed by atoms with E-state index in [1.54, 1.807) is 0 Å². The van der Waals surface area contributed by atoms with E-state index in [0.717, 1.165) is 66.1 Å². The lowest BCUT2D eigenvalue weighted by Gasteiger charge is -2.13. The fourth-order valence-electron chi connectivity index (χ4n) is 6.47. The number of aromatic nitrogens is 3. The molecule has 2 heterocycles. The van der Waals surface area contributed by atoms with Crippen LogP contribution in [-0.4, -0.2) is 15.0 Å². The first-order chi connectivity index (χ1) is 23.3. The van der Waals surface area contributed by atoms with Crippen molar-refractivity contribution in [2.45, 2.75) is 0 Å². The van der Waals surface area contributed by atoms with Gasteiger partial charge in [-0.15, -0.1) is 0 Å². The van der Waals surface area contributed by atoms with Crippen LogP contribution in [0.5, 0.6) is 0 Å². The Hall–Kier alpha value is -6.39. The second-order valence-corrected chi connectivity index (χ2v) is 11.6. The van der Waals surface area contributed by atoms with Gasteiger partial charge in [-0.25, -0.2) is 15.0 Å². The predicted octanol–water partition coefficient (Wildman–Crippen LogP) is 11.3. The van der Waals surface area contributed by atoms with Gasteiger partial charge < -0.3 is 4.42 Å². The molecular formula is C43H27N3O. The highest BCUT2D eigenvalue weighted by molar-refractivity contribution is 6.13. The Morgan fingerprint density at radius 1 is 0.298 bits per heavy atom. The van der Waals surface area contributed by atoms with E-state index in [0.29, 0.717) is 17.5 Å². The summed E-state index contributed by atoms with van der Waals surface area (Å²) in [5.41, 5.74) is 9.07. The van der Waals surface area contributed by atoms with Gasteiger partial charge in [0.25, 0.3) is 0 Å². The largest absolute Gasteiger partial charge is 0.455 e. The molecule has 0 aliphatic carbocycles. The van der Waals surface area contributed by atoms with Crippen LogP contribution in [-0.2, 0) is 0 Å². The van der Waals surface area contributed by atoms with Gasteiger partial charge in [-0.05, 0) is 39.6 Å². The smallest absolute Gasteiger partial charge is 0.164 e. The average Bonchev–Trinajstić information content (AvgIpc) is 3.54. The summed E-state index contributed by atoms with van der Waals surface area (Å²) in [6, 6.07) is 56.2. The zero-order chi connectivity index (χ0) is 31.2. The lowest BCUT2D eigenvalue weighted by Crippen LogP contribution is -2.00. The maximum absolute atomic E-state index is 6.43. The molecule has 0 aliphatic heterocycles. The van der Waals surface area contributed by atoms with E-state index in [1.165, 1.54) is 5.56 Å². The molecule has 0 radical (unpaired) electrons. The minimum Gasteiger partial charge on any atom is -0.455 e. The lowest BCUT2D eigenvalue weighted by atomic mass is 9.93. The molecule has 0 aliphatic rings. The van der Waals surface area contributed by atoms with Crippen molar-refractivity contribution in [1.82, 2.24) is 15.0 Å². The Morgan fingerprint density at radius 3 is 1.51 bits per heavy atom. The monoisotopic (exact) mass is 601 g/mol. The van der Waals surface area contributed by atoms with E-state index in [9.17, 15) is 0 Å². The van der Waals surface area contributed by atoms with E-state index in [1.807, 2.05) is 48.5 Å². The van der Waals surface area contributed by atoms with Crippen LogP contribution in [0.4, 0.5) is 0 Å². The molecule has 7 aromatic carbocycles. The number of nitrogens with zero attached hydrogens (tertiary/aromatic N) is 3. The molecule has 0 spiro atoms. The fourth-order valence-corrected chi connectivity index (χ4v) is 6.47. The van der Waals surface area contributed by atoms with Gasteiger partial charge in [0.15, 0.2) is 17.5 Å². The van der Waals surface area contributed by atoms with Crippen LogP contribution in [0.2, 0.25) is 0 Å². The van der Waals surface area contributed by atoms with Crippen LogP contribution >= 0.6 is 0 Å². The predicted molar refractivity (Wildman–Crippen MR) is 192 cm³/mol. The molecule has 0 amide bonds. The first kappa shape index (κ1) is 27.0. The third kappa shape index (κ3) is 4.75. The Morgan fingerprint density at radius 2 is 0.787 bits per heavy atom. The number of fused-ring (bicyclic) bond motifs is 4. The normalized spacial score (nSPS) is 11.4. The molecule has 220 valence electrons. The summed E-state index contributed by atoms with van der Waals surface area (Å²) < 4.78 is 6.43. The summed E-state index contributed by atoms with van der Waals surface area (Å²) in [4.78, 5) is 15.1. The van der Waals surface area contributed by atoms with E-state index in [-0.39, 0.29) is 0 Å². The van der Waals surface area contributed by atoms with Crippen molar-refractivity contribution in [2.24, 2.45) is 0 Å². The molecule has 0 bridgehead atoms. The minimum absolute atomic E-state index is 0.630. The highest BCUT2D eigenvalue weighted by Gasteiger charge is 2.18. The van der Waals surface area contributed by atoms with Gasteiger partial charge >= 0.3 is 0 Å². The number of hydrogen-bond donors (Lipinski definition) is 0. The highest BCUT2D eigenvalue weighted by Crippen LogP contribution is 2.40. The second kappa shape index (κ2) is 11.2. The first-order valence-electron chi connectivity index (χ1n) is 15.7. The zero-order valence-corrected chi connectivity index (χ0v) is 25.3. The van der Waals surface area contributed by atoms with Crippen LogP contribution in [0.1, 0.15) is 0 Å². The number of hydrogen-bond acceptors (Lipinski definition) is 4. The van der Waals surface area contributed by atoms with Crippen LogP contribution in [0.15, 0.2) is 168 Å². The maximum Gasteiger partial charge on any atom is 0.164 e. The van der Waals surface area contributed by atoms with Gasteiger partial charge in [0.2, 0.25) is 0 Å². The summed E-state index contributed by atoms with van der Waals surface area (Å²) >= 11 is 0. The molecule has 4 nitrogen and oxygen atoms in total. The number of benzene rings is 7. The molecule has 0 saturated heterocycles. The first-order valence-corrected chi connectivity index (χ1v) is 15.7. The topological polar surface area (TPSA) is 51.8 Å². The molecule has 0 saturated carbocycles. The van der Waals surface area contributed by atoms with Crippen molar-refractivity contribution in [1.29, 1.82) is 0 Å². The zero-order valence-electron chi connectivity index (χ0n) is 25.3. The standard InChI is InChI=1S/C43H27N3O/c1-3-12-28(13-4-1)29-22-24-31(25-23-29)42-44-41(30-14-5-2-6-15-30)45-43(46-42)38-27-26-34(32-16-7-8-17-33(32)38)36-19-11-20-37-35-18-9-10-21-39(35)47-40(36)37/h1-27H. The SMILES string of the molecule is c1ccc(-c2ccc(-c3nc(-c4ccccc4)nc(-c4ccc(-c5cccc6c5oc5ccccc56)c5ccccc45)n3)cc2)cc1. The van der Waals surface area contributed by atoms with E-state index < -0.39 is 0 Å². The van der Waals surface area contributed by atoms with Crippen LogP contribution in [0, 0.1) is 0 Å². The second-order valence-electron chi connectivity index (χ2n) is 11.6. The average molecular weight is 602 g/mol. The van der Waals surface area contributed by atoms with Crippen molar-refractivity contribution in [3.63, 3.8) is 0 Å². The molecule has 0 N–H and O–H groups in total. The van der Waals surface area contributed by atoms with Crippen molar-refractivity contribution in [3.05, 3.63) is 164 Å². The van der Waals surface area contributed by atoms with Gasteiger partial charge in [-0.2, -0.15) is 0 Å². The number of para-hydroxylation sites is 2. The fraction of sp³-hybridized carbons (Fsp3) is 0. The minimum atomic E-state index is 0.630. The van der Waals surface area contributed by atoms with E-state index in [2.05, 4.69) is 115 Å². The third-order valence-electron chi connectivity index (χ3n) is 8.78. The quantitative estimate of drug-likeness (QED) is 0.197. The van der Waals surface area contributed by atoms with E-state index in [4.69, 9.17) is 19.4 Å². The summed E-state index contributed by atoms with van der Waals surface area (Å²) in [6.45, 7) is 0. The lowest BCUT2D eigenvalue weighted by molar-refractivity contribution is 0.670. The molecule has 0 atom stereocenters.